The van der Waals surface area contributed by atoms with Gasteiger partial charge in [-0.15, -0.1) is 0 Å². The number of fused-ring (bicyclic) bond motifs is 1. The van der Waals surface area contributed by atoms with Crippen LogP contribution in [0.25, 0.3) is 10.9 Å². The Hall–Kier alpha value is -4.11. The largest absolute Gasteiger partial charge is 0.433 e. The summed E-state index contributed by atoms with van der Waals surface area (Å²) in [5, 5.41) is 6.88. The summed E-state index contributed by atoms with van der Waals surface area (Å²) in [4.78, 5) is 31.2. The van der Waals surface area contributed by atoms with E-state index in [1.807, 2.05) is 0 Å². The Labute approximate surface area is 227 Å². The van der Waals surface area contributed by atoms with Crippen molar-refractivity contribution in [3.63, 3.8) is 0 Å². The van der Waals surface area contributed by atoms with Gasteiger partial charge in [-0.1, -0.05) is 48.0 Å². The smallest absolute Gasteiger partial charge is 0.355 e. The normalized spacial score (nSPS) is 14.3. The van der Waals surface area contributed by atoms with Gasteiger partial charge in [0.15, 0.2) is 0 Å². The summed E-state index contributed by atoms with van der Waals surface area (Å²) in [5.74, 6) is -0.614. The van der Waals surface area contributed by atoms with E-state index in [0.717, 1.165) is 6.07 Å². The van der Waals surface area contributed by atoms with E-state index in [1.165, 1.54) is 6.07 Å². The highest BCUT2D eigenvalue weighted by molar-refractivity contribution is 6.33. The van der Waals surface area contributed by atoms with Crippen LogP contribution in [0.1, 0.15) is 28.9 Å². The average Bonchev–Trinajstić information content (AvgIpc) is 2.93. The molecule has 4 aromatic rings. The van der Waals surface area contributed by atoms with Crippen LogP contribution in [0.4, 0.5) is 30.2 Å². The van der Waals surface area contributed by atoms with Gasteiger partial charge >= 0.3 is 6.18 Å². The summed E-state index contributed by atoms with van der Waals surface area (Å²) >= 11 is 6.16. The summed E-state index contributed by atoms with van der Waals surface area (Å²) in [5.41, 5.74) is 0.945. The van der Waals surface area contributed by atoms with E-state index in [1.54, 1.807) is 71.6 Å². The molecule has 1 aromatic heterocycles. The lowest BCUT2D eigenvalue weighted by Gasteiger charge is -2.31. The van der Waals surface area contributed by atoms with Crippen LogP contribution < -0.4 is 10.6 Å². The molecule has 10 heteroatoms. The lowest BCUT2D eigenvalue weighted by atomic mass is 9.95. The van der Waals surface area contributed by atoms with E-state index in [4.69, 9.17) is 11.6 Å². The molecule has 0 aliphatic carbocycles. The van der Waals surface area contributed by atoms with E-state index in [-0.39, 0.29) is 28.9 Å². The van der Waals surface area contributed by atoms with E-state index >= 15 is 0 Å². The van der Waals surface area contributed by atoms with Crippen molar-refractivity contribution in [2.24, 2.45) is 5.92 Å². The molecule has 1 aliphatic rings. The predicted octanol–water partition coefficient (Wildman–Crippen LogP) is 7.14. The first-order chi connectivity index (χ1) is 18.7. The number of carbonyl (C=O) groups excluding carboxylic acids is 2. The van der Waals surface area contributed by atoms with Crippen LogP contribution in [0.3, 0.4) is 0 Å². The van der Waals surface area contributed by atoms with Crippen molar-refractivity contribution in [2.45, 2.75) is 19.0 Å². The second-order valence-electron chi connectivity index (χ2n) is 9.31. The molecule has 6 nitrogen and oxygen atoms in total. The van der Waals surface area contributed by atoms with Gasteiger partial charge in [0.25, 0.3) is 5.91 Å². The number of hydrogen-bond donors (Lipinski definition) is 2. The Morgan fingerprint density at radius 2 is 1.59 bits per heavy atom. The molecule has 0 bridgehead atoms. The maximum Gasteiger partial charge on any atom is 0.433 e. The number of pyridine rings is 1. The van der Waals surface area contributed by atoms with Crippen molar-refractivity contribution < 1.29 is 22.8 Å². The average molecular weight is 553 g/mol. The highest BCUT2D eigenvalue weighted by atomic mass is 35.5. The molecule has 1 aliphatic heterocycles. The molecular weight excluding hydrogens is 529 g/mol. The predicted molar refractivity (Wildman–Crippen MR) is 145 cm³/mol. The molecule has 0 unspecified atom stereocenters. The van der Waals surface area contributed by atoms with Crippen molar-refractivity contribution in [1.82, 2.24) is 9.88 Å². The highest BCUT2D eigenvalue weighted by Crippen LogP contribution is 2.34. The second-order valence-corrected chi connectivity index (χ2v) is 9.72. The molecule has 0 spiro atoms. The van der Waals surface area contributed by atoms with Crippen LogP contribution in [0.2, 0.25) is 5.02 Å². The van der Waals surface area contributed by atoms with Gasteiger partial charge in [-0.3, -0.25) is 9.59 Å². The highest BCUT2D eigenvalue weighted by Gasteiger charge is 2.33. The maximum atomic E-state index is 13.4. The fourth-order valence-electron chi connectivity index (χ4n) is 4.65. The molecule has 1 saturated heterocycles. The number of nitrogens with one attached hydrogen (secondary N) is 2. The molecule has 0 saturated carbocycles. The van der Waals surface area contributed by atoms with Gasteiger partial charge in [-0.2, -0.15) is 13.2 Å². The lowest BCUT2D eigenvalue weighted by molar-refractivity contribution is -0.140. The van der Waals surface area contributed by atoms with E-state index < -0.39 is 11.9 Å². The monoisotopic (exact) mass is 552 g/mol. The third kappa shape index (κ3) is 5.98. The standard InChI is InChI=1S/C29H24ClF3N4O2/c30-23-10-3-1-8-21(23)28(39)37-14-12-18(13-15-37)27(38)35-20-7-5-6-19(16-20)34-25-17-26(29(31,32)33)36-24-11-4-2-9-22(24)25/h1-11,16-18H,12-15H2,(H,34,36)(H,35,38). The van der Waals surface area contributed by atoms with Gasteiger partial charge in [0.05, 0.1) is 21.8 Å². The first-order valence-electron chi connectivity index (χ1n) is 12.4. The maximum absolute atomic E-state index is 13.4. The van der Waals surface area contributed by atoms with Crippen molar-refractivity contribution in [1.29, 1.82) is 0 Å². The number of halogens is 4. The minimum atomic E-state index is -4.59. The molecule has 2 N–H and O–H groups in total. The molecule has 1 fully saturated rings. The zero-order valence-electron chi connectivity index (χ0n) is 20.6. The van der Waals surface area contributed by atoms with Crippen LogP contribution in [-0.4, -0.2) is 34.8 Å². The minimum Gasteiger partial charge on any atom is -0.355 e. The number of hydrogen-bond acceptors (Lipinski definition) is 4. The summed E-state index contributed by atoms with van der Waals surface area (Å²) < 4.78 is 40.3. The Bertz CT molecular complexity index is 1530. The molecule has 5 rings (SSSR count). The van der Waals surface area contributed by atoms with Crippen LogP contribution in [0, 0.1) is 5.92 Å². The van der Waals surface area contributed by atoms with Gasteiger partial charge in [-0.25, -0.2) is 4.98 Å². The van der Waals surface area contributed by atoms with E-state index in [2.05, 4.69) is 15.6 Å². The summed E-state index contributed by atoms with van der Waals surface area (Å²) in [7, 11) is 0. The van der Waals surface area contributed by atoms with Gasteiger partial charge in [-0.05, 0) is 55.3 Å². The number of anilines is 3. The van der Waals surface area contributed by atoms with Crippen LogP contribution in [-0.2, 0) is 11.0 Å². The Balaban J connectivity index is 1.25. The van der Waals surface area contributed by atoms with Gasteiger partial charge in [0.1, 0.15) is 5.69 Å². The topological polar surface area (TPSA) is 74.3 Å². The number of likely N-dealkylation sites (tertiary alicyclic amines) is 1. The van der Waals surface area contributed by atoms with Gasteiger partial charge in [0.2, 0.25) is 5.91 Å². The van der Waals surface area contributed by atoms with Crippen LogP contribution in [0.5, 0.6) is 0 Å². The van der Waals surface area contributed by atoms with Crippen molar-refractivity contribution in [2.75, 3.05) is 23.7 Å². The molecule has 2 amide bonds. The van der Waals surface area contributed by atoms with Crippen LogP contribution in [0.15, 0.2) is 78.9 Å². The quantitative estimate of drug-likeness (QED) is 0.276. The van der Waals surface area contributed by atoms with Gasteiger partial charge < -0.3 is 15.5 Å². The summed E-state index contributed by atoms with van der Waals surface area (Å²) in [6.07, 6.45) is -3.59. The lowest BCUT2D eigenvalue weighted by Crippen LogP contribution is -2.41. The van der Waals surface area contributed by atoms with Crippen molar-refractivity contribution in [3.8, 4) is 0 Å². The molecule has 200 valence electrons. The van der Waals surface area contributed by atoms with Crippen LogP contribution >= 0.6 is 11.6 Å². The minimum absolute atomic E-state index is 0.157. The number of rotatable bonds is 5. The van der Waals surface area contributed by atoms with Crippen molar-refractivity contribution >= 4 is 51.4 Å². The third-order valence-electron chi connectivity index (χ3n) is 6.67. The SMILES string of the molecule is O=C(Nc1cccc(Nc2cc(C(F)(F)F)nc3ccccc23)c1)C1CCN(C(=O)c2ccccc2Cl)CC1. The number of nitrogens with zero attached hydrogens (tertiary/aromatic N) is 2. The molecule has 0 radical (unpaired) electrons. The molecule has 39 heavy (non-hydrogen) atoms. The summed E-state index contributed by atoms with van der Waals surface area (Å²) in [6.45, 7) is 0.862. The molecule has 2 heterocycles. The second kappa shape index (κ2) is 10.9. The fraction of sp³-hybridized carbons (Fsp3) is 0.207. The number of alkyl halides is 3. The molecule has 3 aromatic carbocycles. The number of amides is 2. The Kier molecular flexibility index (Phi) is 7.43. The molecule has 0 atom stereocenters. The number of benzene rings is 3. The Morgan fingerprint density at radius 3 is 2.33 bits per heavy atom. The first-order valence-corrected chi connectivity index (χ1v) is 12.8. The zero-order valence-corrected chi connectivity index (χ0v) is 21.4. The summed E-state index contributed by atoms with van der Waals surface area (Å²) in [6, 6.07) is 21.2. The van der Waals surface area contributed by atoms with Gasteiger partial charge in [0, 0.05) is 35.8 Å². The fourth-order valence-corrected chi connectivity index (χ4v) is 4.86. The third-order valence-corrected chi connectivity index (χ3v) is 7.00. The molecular formula is C29H24ClF3N4O2. The Morgan fingerprint density at radius 1 is 0.897 bits per heavy atom. The number of piperidine rings is 1. The number of aromatic nitrogens is 1. The number of para-hydroxylation sites is 1. The number of carbonyl (C=O) groups is 2. The first kappa shape index (κ1) is 26.5. The van der Waals surface area contributed by atoms with E-state index in [9.17, 15) is 22.8 Å². The zero-order chi connectivity index (χ0) is 27.6. The van der Waals surface area contributed by atoms with E-state index in [0.29, 0.717) is 53.3 Å². The van der Waals surface area contributed by atoms with Crippen molar-refractivity contribution in [3.05, 3.63) is 95.1 Å².